The molecule has 96 valence electrons. The number of nitrogens with one attached hydrogen (secondary N) is 1. The highest BCUT2D eigenvalue weighted by Crippen LogP contribution is 2.15. The number of hydrogen-bond acceptors (Lipinski definition) is 2. The van der Waals surface area contributed by atoms with Gasteiger partial charge in [0, 0.05) is 24.5 Å². The summed E-state index contributed by atoms with van der Waals surface area (Å²) in [5.41, 5.74) is 7.12. The summed E-state index contributed by atoms with van der Waals surface area (Å²) in [6.07, 6.45) is 5.91. The lowest BCUT2D eigenvalue weighted by Crippen LogP contribution is -2.32. The van der Waals surface area contributed by atoms with Crippen LogP contribution in [-0.2, 0) is 11.3 Å². The van der Waals surface area contributed by atoms with Crippen molar-refractivity contribution in [2.45, 2.75) is 52.2 Å². The molecule has 17 heavy (non-hydrogen) atoms. The Kier molecular flexibility index (Phi) is 5.22. The molecule has 0 aliphatic heterocycles. The van der Waals surface area contributed by atoms with Gasteiger partial charge in [-0.3, -0.25) is 4.79 Å². The Labute approximate surface area is 103 Å². The number of nitrogens with two attached hydrogens (primary N) is 1. The largest absolute Gasteiger partial charge is 0.352 e. The van der Waals surface area contributed by atoms with Gasteiger partial charge in [0.15, 0.2) is 0 Å². The van der Waals surface area contributed by atoms with Crippen molar-refractivity contribution >= 4 is 5.91 Å². The Morgan fingerprint density at radius 1 is 1.53 bits per heavy atom. The van der Waals surface area contributed by atoms with Crippen LogP contribution in [0.25, 0.3) is 0 Å². The second kappa shape index (κ2) is 6.45. The Balaban J connectivity index is 2.53. The van der Waals surface area contributed by atoms with Crippen LogP contribution in [0.5, 0.6) is 0 Å². The Hall–Kier alpha value is -1.29. The Morgan fingerprint density at radius 2 is 2.24 bits per heavy atom. The quantitative estimate of drug-likeness (QED) is 0.792. The summed E-state index contributed by atoms with van der Waals surface area (Å²) in [6, 6.07) is 2.25. The molecule has 0 saturated heterocycles. The summed E-state index contributed by atoms with van der Waals surface area (Å²) < 4.78 is 1.88. The van der Waals surface area contributed by atoms with Gasteiger partial charge in [-0.2, -0.15) is 0 Å². The Bertz CT molecular complexity index is 357. The third kappa shape index (κ3) is 4.61. The minimum absolute atomic E-state index is 0.0335. The van der Waals surface area contributed by atoms with Crippen LogP contribution in [-0.4, -0.2) is 16.5 Å². The molecule has 4 nitrogen and oxygen atoms in total. The monoisotopic (exact) mass is 237 g/mol. The molecule has 1 atom stereocenters. The highest BCUT2D eigenvalue weighted by atomic mass is 16.2. The van der Waals surface area contributed by atoms with Crippen LogP contribution >= 0.6 is 0 Å². The van der Waals surface area contributed by atoms with Gasteiger partial charge in [0.2, 0.25) is 5.91 Å². The molecule has 1 unspecified atom stereocenters. The zero-order valence-electron chi connectivity index (χ0n) is 10.9. The summed E-state index contributed by atoms with van der Waals surface area (Å²) in [7, 11) is 0. The molecule has 0 bridgehead atoms. The van der Waals surface area contributed by atoms with Crippen LogP contribution in [0.1, 0.15) is 45.2 Å². The first kappa shape index (κ1) is 13.8. The number of nitrogens with zero attached hydrogens (tertiary/aromatic N) is 1. The van der Waals surface area contributed by atoms with E-state index < -0.39 is 0 Å². The molecule has 1 aromatic rings. The van der Waals surface area contributed by atoms with Crippen molar-refractivity contribution in [1.82, 2.24) is 9.88 Å². The molecule has 0 spiro atoms. The number of carbonyl (C=O) groups is 1. The predicted molar refractivity (Wildman–Crippen MR) is 69.5 cm³/mol. The smallest absolute Gasteiger partial charge is 0.240 e. The highest BCUT2D eigenvalue weighted by molar-refractivity contribution is 5.75. The fraction of sp³-hybridized carbons (Fsp3) is 0.615. The average molecular weight is 237 g/mol. The van der Waals surface area contributed by atoms with Crippen molar-refractivity contribution in [3.63, 3.8) is 0 Å². The van der Waals surface area contributed by atoms with E-state index in [1.807, 2.05) is 36.9 Å². The number of amides is 1. The first-order valence-corrected chi connectivity index (χ1v) is 6.23. The van der Waals surface area contributed by atoms with E-state index in [9.17, 15) is 4.79 Å². The predicted octanol–water partition coefficient (Wildman–Crippen LogP) is 1.81. The lowest BCUT2D eigenvalue weighted by atomic mass is 10.1. The molecule has 4 heteroatoms. The van der Waals surface area contributed by atoms with Gasteiger partial charge in [-0.25, -0.2) is 0 Å². The standard InChI is InChI=1S/C13H23N3O/c1-4-5-12(14)11-6-7-16(8-11)9-13(17)15-10(2)3/h6-8,10,12H,4-5,9,14H2,1-3H3,(H,15,17). The molecular formula is C13H23N3O. The van der Waals surface area contributed by atoms with Gasteiger partial charge in [-0.15, -0.1) is 0 Å². The van der Waals surface area contributed by atoms with E-state index in [4.69, 9.17) is 5.73 Å². The number of carbonyl (C=O) groups excluding carboxylic acids is 1. The van der Waals surface area contributed by atoms with Gasteiger partial charge < -0.3 is 15.6 Å². The van der Waals surface area contributed by atoms with Crippen LogP contribution in [0.2, 0.25) is 0 Å². The third-order valence-electron chi connectivity index (χ3n) is 2.58. The van der Waals surface area contributed by atoms with E-state index in [0.29, 0.717) is 6.54 Å². The molecule has 0 fully saturated rings. The summed E-state index contributed by atoms with van der Waals surface area (Å²) in [4.78, 5) is 11.6. The second-order valence-electron chi connectivity index (χ2n) is 4.73. The molecular weight excluding hydrogens is 214 g/mol. The molecule has 0 radical (unpaired) electrons. The van der Waals surface area contributed by atoms with Crippen LogP contribution in [0.3, 0.4) is 0 Å². The normalized spacial score (nSPS) is 12.8. The van der Waals surface area contributed by atoms with Crippen molar-refractivity contribution in [2.24, 2.45) is 5.73 Å². The van der Waals surface area contributed by atoms with E-state index in [2.05, 4.69) is 12.2 Å². The van der Waals surface area contributed by atoms with Gasteiger partial charge in [0.1, 0.15) is 6.54 Å². The summed E-state index contributed by atoms with van der Waals surface area (Å²) >= 11 is 0. The topological polar surface area (TPSA) is 60.0 Å². The van der Waals surface area contributed by atoms with E-state index >= 15 is 0 Å². The zero-order chi connectivity index (χ0) is 12.8. The first-order chi connectivity index (χ1) is 8.02. The molecule has 1 aromatic heterocycles. The molecule has 0 aromatic carbocycles. The zero-order valence-corrected chi connectivity index (χ0v) is 10.9. The molecule has 1 rings (SSSR count). The van der Waals surface area contributed by atoms with Crippen LogP contribution in [0, 0.1) is 0 Å². The van der Waals surface area contributed by atoms with Crippen molar-refractivity contribution in [2.75, 3.05) is 0 Å². The van der Waals surface area contributed by atoms with Crippen LogP contribution < -0.4 is 11.1 Å². The van der Waals surface area contributed by atoms with Crippen LogP contribution in [0.4, 0.5) is 0 Å². The van der Waals surface area contributed by atoms with Crippen molar-refractivity contribution in [1.29, 1.82) is 0 Å². The molecule has 3 N–H and O–H groups in total. The molecule has 0 saturated carbocycles. The van der Waals surface area contributed by atoms with E-state index in [1.54, 1.807) is 0 Å². The van der Waals surface area contributed by atoms with E-state index in [-0.39, 0.29) is 18.0 Å². The van der Waals surface area contributed by atoms with Gasteiger partial charge >= 0.3 is 0 Å². The SMILES string of the molecule is CCCC(N)c1ccn(CC(=O)NC(C)C)c1. The summed E-state index contributed by atoms with van der Waals surface area (Å²) in [6.45, 7) is 6.39. The first-order valence-electron chi connectivity index (χ1n) is 6.23. The number of rotatable bonds is 6. The number of hydrogen-bond donors (Lipinski definition) is 2. The third-order valence-corrected chi connectivity index (χ3v) is 2.58. The van der Waals surface area contributed by atoms with Gasteiger partial charge in [0.05, 0.1) is 0 Å². The van der Waals surface area contributed by atoms with Crippen molar-refractivity contribution < 1.29 is 4.79 Å². The fourth-order valence-corrected chi connectivity index (χ4v) is 1.79. The molecule has 1 heterocycles. The maximum absolute atomic E-state index is 11.6. The van der Waals surface area contributed by atoms with E-state index in [0.717, 1.165) is 18.4 Å². The van der Waals surface area contributed by atoms with Gasteiger partial charge in [0.25, 0.3) is 0 Å². The lowest BCUT2D eigenvalue weighted by molar-refractivity contribution is -0.122. The highest BCUT2D eigenvalue weighted by Gasteiger charge is 2.08. The number of aromatic nitrogens is 1. The summed E-state index contributed by atoms with van der Waals surface area (Å²) in [5, 5.41) is 2.86. The Morgan fingerprint density at radius 3 is 2.82 bits per heavy atom. The van der Waals surface area contributed by atoms with Gasteiger partial charge in [-0.05, 0) is 31.9 Å². The minimum Gasteiger partial charge on any atom is -0.352 e. The molecule has 0 aliphatic carbocycles. The van der Waals surface area contributed by atoms with Crippen molar-refractivity contribution in [3.05, 3.63) is 24.0 Å². The lowest BCUT2D eigenvalue weighted by Gasteiger charge is -2.09. The van der Waals surface area contributed by atoms with Crippen LogP contribution in [0.15, 0.2) is 18.5 Å². The second-order valence-corrected chi connectivity index (χ2v) is 4.73. The molecule has 1 amide bonds. The minimum atomic E-state index is 0.0335. The maximum atomic E-state index is 11.6. The van der Waals surface area contributed by atoms with Gasteiger partial charge in [-0.1, -0.05) is 13.3 Å². The summed E-state index contributed by atoms with van der Waals surface area (Å²) in [5.74, 6) is 0.0335. The molecule has 0 aliphatic rings. The van der Waals surface area contributed by atoms with Crippen molar-refractivity contribution in [3.8, 4) is 0 Å². The fourth-order valence-electron chi connectivity index (χ4n) is 1.79. The van der Waals surface area contributed by atoms with E-state index in [1.165, 1.54) is 0 Å². The maximum Gasteiger partial charge on any atom is 0.240 e. The average Bonchev–Trinajstić information content (AvgIpc) is 2.65.